The minimum absolute atomic E-state index is 0.0104. The zero-order valence-corrected chi connectivity index (χ0v) is 13.9. The highest BCUT2D eigenvalue weighted by Crippen LogP contribution is 2.43. The van der Waals surface area contributed by atoms with Gasteiger partial charge < -0.3 is 19.2 Å². The number of nitrogens with zero attached hydrogens (tertiary/aromatic N) is 2. The smallest absolute Gasteiger partial charge is 0.494 e. The van der Waals surface area contributed by atoms with Crippen LogP contribution in [0.3, 0.4) is 0 Å². The highest BCUT2D eigenvalue weighted by atomic mass is 32.2. The van der Waals surface area contributed by atoms with Crippen LogP contribution in [-0.2, 0) is 5.75 Å². The van der Waals surface area contributed by atoms with Crippen LogP contribution in [0.5, 0.6) is 17.2 Å². The van der Waals surface area contributed by atoms with Gasteiger partial charge in [-0.3, -0.25) is 4.98 Å². The molecule has 0 spiro atoms. The van der Waals surface area contributed by atoms with Crippen molar-refractivity contribution in [2.45, 2.75) is 24.1 Å². The van der Waals surface area contributed by atoms with Gasteiger partial charge in [-0.1, -0.05) is 11.8 Å². The number of benzene rings is 1. The first kappa shape index (κ1) is 15.9. The van der Waals surface area contributed by atoms with Crippen molar-refractivity contribution in [2.24, 2.45) is 0 Å². The summed E-state index contributed by atoms with van der Waals surface area (Å²) in [4.78, 5) is 11.7. The molecule has 0 radical (unpaired) electrons. The molecule has 1 aliphatic rings. The number of H-pyrrole nitrogens is 1. The van der Waals surface area contributed by atoms with E-state index in [4.69, 9.17) is 4.74 Å². The summed E-state index contributed by atoms with van der Waals surface area (Å²) >= 11 is 1.45. The van der Waals surface area contributed by atoms with E-state index in [1.165, 1.54) is 23.9 Å². The molecule has 0 amide bonds. The number of halogens is 2. The molecule has 0 atom stereocenters. The molecule has 3 heterocycles. The average Bonchev–Trinajstić information content (AvgIpc) is 3.08. The summed E-state index contributed by atoms with van der Waals surface area (Å²) in [5.41, 5.74) is 1.97. The molecular weight excluding hydrogens is 352 g/mol. The van der Waals surface area contributed by atoms with Crippen molar-refractivity contribution in [1.82, 2.24) is 15.0 Å². The lowest BCUT2D eigenvalue weighted by molar-refractivity contribution is -0.286. The van der Waals surface area contributed by atoms with E-state index in [0.717, 1.165) is 11.4 Å². The standard InChI is InChI=1S/C16H13F2N3O3S/c1-2-22-10-3-4-19-9(5-10)8-25-15-20-11-6-13-14(7-12(11)21-15)24-16(17,18)23-13/h3-7H,2,8H2,1H3,(H,20,21). The third-order valence-corrected chi connectivity index (χ3v) is 4.35. The Kier molecular flexibility index (Phi) is 3.87. The lowest BCUT2D eigenvalue weighted by Crippen LogP contribution is -2.25. The van der Waals surface area contributed by atoms with E-state index in [1.54, 1.807) is 12.3 Å². The number of nitrogens with one attached hydrogen (secondary N) is 1. The molecule has 9 heteroatoms. The van der Waals surface area contributed by atoms with Gasteiger partial charge in [0, 0.05) is 30.1 Å². The van der Waals surface area contributed by atoms with Gasteiger partial charge in [-0.15, -0.1) is 8.78 Å². The van der Waals surface area contributed by atoms with Crippen molar-refractivity contribution in [3.63, 3.8) is 0 Å². The van der Waals surface area contributed by atoms with Gasteiger partial charge in [-0.2, -0.15) is 0 Å². The van der Waals surface area contributed by atoms with Crippen LogP contribution in [0.25, 0.3) is 11.0 Å². The molecule has 0 fully saturated rings. The van der Waals surface area contributed by atoms with E-state index in [0.29, 0.717) is 28.5 Å². The number of ether oxygens (including phenoxy) is 3. The fraction of sp³-hybridized carbons (Fsp3) is 0.250. The zero-order valence-electron chi connectivity index (χ0n) is 13.1. The van der Waals surface area contributed by atoms with E-state index in [9.17, 15) is 8.78 Å². The van der Waals surface area contributed by atoms with Crippen LogP contribution in [-0.4, -0.2) is 27.9 Å². The maximum Gasteiger partial charge on any atom is 0.586 e. The van der Waals surface area contributed by atoms with Crippen molar-refractivity contribution in [2.75, 3.05) is 6.61 Å². The first-order chi connectivity index (χ1) is 12.0. The molecule has 0 saturated carbocycles. The number of hydrogen-bond acceptors (Lipinski definition) is 6. The quantitative estimate of drug-likeness (QED) is 0.690. The molecule has 0 saturated heterocycles. The number of hydrogen-bond donors (Lipinski definition) is 1. The van der Waals surface area contributed by atoms with E-state index in [2.05, 4.69) is 24.4 Å². The Balaban J connectivity index is 1.51. The molecule has 0 aliphatic carbocycles. The van der Waals surface area contributed by atoms with Crippen molar-refractivity contribution >= 4 is 22.8 Å². The molecule has 130 valence electrons. The van der Waals surface area contributed by atoms with Crippen LogP contribution in [0, 0.1) is 0 Å². The monoisotopic (exact) mass is 365 g/mol. The zero-order chi connectivity index (χ0) is 17.4. The fourth-order valence-electron chi connectivity index (χ4n) is 2.43. The molecule has 0 unspecified atom stereocenters. The van der Waals surface area contributed by atoms with Crippen LogP contribution < -0.4 is 14.2 Å². The number of rotatable bonds is 5. The minimum Gasteiger partial charge on any atom is -0.494 e. The maximum absolute atomic E-state index is 13.1. The highest BCUT2D eigenvalue weighted by molar-refractivity contribution is 7.98. The fourth-order valence-corrected chi connectivity index (χ4v) is 3.22. The molecule has 2 aromatic heterocycles. The van der Waals surface area contributed by atoms with Gasteiger partial charge in [0.25, 0.3) is 0 Å². The summed E-state index contributed by atoms with van der Waals surface area (Å²) in [5.74, 6) is 1.32. The summed E-state index contributed by atoms with van der Waals surface area (Å²) in [5, 5.41) is 0.647. The van der Waals surface area contributed by atoms with Crippen molar-refractivity contribution in [3.05, 3.63) is 36.2 Å². The Bertz CT molecular complexity index is 887. The summed E-state index contributed by atoms with van der Waals surface area (Å²) in [6.45, 7) is 2.51. The van der Waals surface area contributed by atoms with Gasteiger partial charge in [0.05, 0.1) is 23.3 Å². The third-order valence-electron chi connectivity index (χ3n) is 3.44. The second-order valence-electron chi connectivity index (χ2n) is 5.23. The molecular formula is C16H13F2N3O3S. The van der Waals surface area contributed by atoms with Gasteiger partial charge in [0.1, 0.15) is 5.75 Å². The van der Waals surface area contributed by atoms with Gasteiger partial charge >= 0.3 is 6.29 Å². The van der Waals surface area contributed by atoms with Crippen LogP contribution in [0.1, 0.15) is 12.6 Å². The van der Waals surface area contributed by atoms with E-state index in [-0.39, 0.29) is 11.5 Å². The number of imidazole rings is 1. The Labute approximate surface area is 145 Å². The molecule has 25 heavy (non-hydrogen) atoms. The van der Waals surface area contributed by atoms with Crippen LogP contribution in [0.4, 0.5) is 8.78 Å². The predicted molar refractivity (Wildman–Crippen MR) is 87.3 cm³/mol. The van der Waals surface area contributed by atoms with E-state index in [1.807, 2.05) is 13.0 Å². The summed E-state index contributed by atoms with van der Waals surface area (Å²) in [7, 11) is 0. The van der Waals surface area contributed by atoms with Crippen molar-refractivity contribution < 1.29 is 23.0 Å². The van der Waals surface area contributed by atoms with Gasteiger partial charge in [-0.25, -0.2) is 4.98 Å². The summed E-state index contributed by atoms with van der Waals surface area (Å²) in [6.07, 6.45) is -1.94. The highest BCUT2D eigenvalue weighted by Gasteiger charge is 2.43. The predicted octanol–water partition coefficient (Wildman–Crippen LogP) is 3.97. The second-order valence-corrected chi connectivity index (χ2v) is 6.19. The Morgan fingerprint density at radius 1 is 1.24 bits per heavy atom. The third kappa shape index (κ3) is 3.32. The SMILES string of the molecule is CCOc1ccnc(CSc2nc3cc4c(cc3[nH]2)OC(F)(F)O4)c1. The molecule has 4 rings (SSSR count). The Morgan fingerprint density at radius 3 is 2.84 bits per heavy atom. The lowest BCUT2D eigenvalue weighted by atomic mass is 10.3. The topological polar surface area (TPSA) is 69.3 Å². The first-order valence-electron chi connectivity index (χ1n) is 7.52. The second kappa shape index (κ2) is 6.07. The molecule has 1 N–H and O–H groups in total. The molecule has 1 aromatic carbocycles. The normalized spacial score (nSPS) is 14.8. The number of aromatic nitrogens is 3. The molecule has 3 aromatic rings. The van der Waals surface area contributed by atoms with Crippen LogP contribution >= 0.6 is 11.8 Å². The van der Waals surface area contributed by atoms with Gasteiger partial charge in [0.15, 0.2) is 16.7 Å². The molecule has 6 nitrogen and oxygen atoms in total. The Morgan fingerprint density at radius 2 is 2.04 bits per heavy atom. The summed E-state index contributed by atoms with van der Waals surface area (Å²) < 4.78 is 40.5. The van der Waals surface area contributed by atoms with Crippen LogP contribution in [0.15, 0.2) is 35.6 Å². The number of thioether (sulfide) groups is 1. The lowest BCUT2D eigenvalue weighted by Gasteiger charge is -2.04. The first-order valence-corrected chi connectivity index (χ1v) is 8.51. The number of fused-ring (bicyclic) bond motifs is 2. The van der Waals surface area contributed by atoms with Gasteiger partial charge in [-0.05, 0) is 13.0 Å². The Hall–Kier alpha value is -2.55. The number of pyridine rings is 1. The van der Waals surface area contributed by atoms with Crippen molar-refractivity contribution in [1.29, 1.82) is 0 Å². The van der Waals surface area contributed by atoms with Crippen LogP contribution in [0.2, 0.25) is 0 Å². The maximum atomic E-state index is 13.1. The summed E-state index contributed by atoms with van der Waals surface area (Å²) in [6, 6.07) is 6.56. The largest absolute Gasteiger partial charge is 0.586 e. The minimum atomic E-state index is -3.63. The number of aromatic amines is 1. The van der Waals surface area contributed by atoms with Crippen molar-refractivity contribution in [3.8, 4) is 17.2 Å². The molecule has 1 aliphatic heterocycles. The number of alkyl halides is 2. The van der Waals surface area contributed by atoms with E-state index >= 15 is 0 Å². The molecule has 0 bridgehead atoms. The average molecular weight is 365 g/mol. The van der Waals surface area contributed by atoms with E-state index < -0.39 is 6.29 Å². The van der Waals surface area contributed by atoms with Gasteiger partial charge in [0.2, 0.25) is 0 Å².